The van der Waals surface area contributed by atoms with Crippen LogP contribution in [0, 0.1) is 0 Å². The Morgan fingerprint density at radius 2 is 2.08 bits per heavy atom. The van der Waals surface area contributed by atoms with E-state index < -0.39 is 0 Å². The second kappa shape index (κ2) is 6.91. The van der Waals surface area contributed by atoms with Gasteiger partial charge >= 0.3 is 0 Å². The van der Waals surface area contributed by atoms with E-state index in [0.29, 0.717) is 22.7 Å². The number of phenols is 1. The molecule has 3 rings (SSSR count). The molecule has 1 amide bonds. The fraction of sp³-hybridized carbons (Fsp3) is 0.118. The van der Waals surface area contributed by atoms with E-state index in [1.54, 1.807) is 60.2 Å². The second-order valence-electron chi connectivity index (χ2n) is 5.52. The SMILES string of the molecule is CN(C)/C=N/NC(=O)c1cc(Oc2ccc(O)cc2)n2cncc2c1. The number of carbonyl (C=O) groups is 1. The minimum atomic E-state index is -0.364. The summed E-state index contributed by atoms with van der Waals surface area (Å²) in [5.74, 6) is 0.725. The molecule has 2 aromatic heterocycles. The van der Waals surface area contributed by atoms with Crippen LogP contribution in [0.15, 0.2) is 54.0 Å². The summed E-state index contributed by atoms with van der Waals surface area (Å²) < 4.78 is 7.54. The van der Waals surface area contributed by atoms with Gasteiger partial charge in [0.25, 0.3) is 5.91 Å². The zero-order chi connectivity index (χ0) is 17.8. The van der Waals surface area contributed by atoms with Crippen LogP contribution in [0.25, 0.3) is 5.52 Å². The Morgan fingerprint density at radius 1 is 1.32 bits per heavy atom. The molecule has 0 atom stereocenters. The molecule has 0 bridgehead atoms. The van der Waals surface area contributed by atoms with Crippen molar-refractivity contribution < 1.29 is 14.6 Å². The number of carbonyl (C=O) groups excluding carboxylic acids is 1. The minimum absolute atomic E-state index is 0.145. The van der Waals surface area contributed by atoms with Crippen LogP contribution in [0.5, 0.6) is 17.4 Å². The topological polar surface area (TPSA) is 91.5 Å². The van der Waals surface area contributed by atoms with Crippen LogP contribution < -0.4 is 10.2 Å². The summed E-state index contributed by atoms with van der Waals surface area (Å²) in [5.41, 5.74) is 3.55. The molecular weight excluding hydrogens is 322 g/mol. The lowest BCUT2D eigenvalue weighted by atomic mass is 10.2. The van der Waals surface area contributed by atoms with E-state index in [4.69, 9.17) is 4.74 Å². The standard InChI is InChI=1S/C17H17N5O3/c1-21(2)11-19-20-17(24)12-7-13-9-18-10-22(13)16(8-12)25-15-5-3-14(23)4-6-15/h3-11,23H,1-2H3,(H,20,24)/b19-11+. The van der Waals surface area contributed by atoms with Crippen molar-refractivity contribution >= 4 is 17.8 Å². The van der Waals surface area contributed by atoms with Crippen LogP contribution in [0.2, 0.25) is 0 Å². The molecule has 0 aliphatic heterocycles. The number of ether oxygens (including phenoxy) is 1. The Morgan fingerprint density at radius 3 is 2.80 bits per heavy atom. The first-order valence-electron chi connectivity index (χ1n) is 7.46. The van der Waals surface area contributed by atoms with E-state index in [9.17, 15) is 9.90 Å². The molecule has 0 spiro atoms. The summed E-state index contributed by atoms with van der Waals surface area (Å²) in [6.07, 6.45) is 4.71. The highest BCUT2D eigenvalue weighted by Crippen LogP contribution is 2.25. The van der Waals surface area contributed by atoms with Gasteiger partial charge in [0.15, 0.2) is 0 Å². The molecule has 128 valence electrons. The number of imidazole rings is 1. The van der Waals surface area contributed by atoms with Gasteiger partial charge in [-0.15, -0.1) is 0 Å². The fourth-order valence-corrected chi connectivity index (χ4v) is 2.11. The van der Waals surface area contributed by atoms with Crippen LogP contribution in [-0.4, -0.2) is 45.7 Å². The molecular formula is C17H17N5O3. The second-order valence-corrected chi connectivity index (χ2v) is 5.52. The van der Waals surface area contributed by atoms with Gasteiger partial charge in [0.2, 0.25) is 5.88 Å². The summed E-state index contributed by atoms with van der Waals surface area (Å²) in [4.78, 5) is 18.1. The van der Waals surface area contributed by atoms with Gasteiger partial charge in [-0.2, -0.15) is 5.10 Å². The van der Waals surface area contributed by atoms with Crippen molar-refractivity contribution in [3.63, 3.8) is 0 Å². The van der Waals surface area contributed by atoms with Gasteiger partial charge in [-0.1, -0.05) is 0 Å². The first kappa shape index (κ1) is 16.3. The first-order chi connectivity index (χ1) is 12.0. The lowest BCUT2D eigenvalue weighted by Crippen LogP contribution is -2.20. The number of nitrogens with zero attached hydrogens (tertiary/aromatic N) is 4. The number of aromatic nitrogens is 2. The molecule has 0 saturated heterocycles. The van der Waals surface area contributed by atoms with Gasteiger partial charge in [-0.25, -0.2) is 10.4 Å². The van der Waals surface area contributed by atoms with E-state index in [1.165, 1.54) is 18.5 Å². The van der Waals surface area contributed by atoms with Crippen molar-refractivity contribution in [2.75, 3.05) is 14.1 Å². The van der Waals surface area contributed by atoms with Gasteiger partial charge in [-0.3, -0.25) is 9.20 Å². The molecule has 8 heteroatoms. The number of fused-ring (bicyclic) bond motifs is 1. The molecule has 25 heavy (non-hydrogen) atoms. The number of hydrazone groups is 1. The van der Waals surface area contributed by atoms with Crippen molar-refractivity contribution in [3.8, 4) is 17.4 Å². The van der Waals surface area contributed by atoms with Gasteiger partial charge in [0.05, 0.1) is 11.7 Å². The number of amides is 1. The average molecular weight is 339 g/mol. The summed E-state index contributed by atoms with van der Waals surface area (Å²) in [6, 6.07) is 9.59. The number of aromatic hydroxyl groups is 1. The average Bonchev–Trinajstić information content (AvgIpc) is 3.05. The Kier molecular flexibility index (Phi) is 4.51. The van der Waals surface area contributed by atoms with Gasteiger partial charge in [0, 0.05) is 25.7 Å². The predicted octanol–water partition coefficient (Wildman–Crippen LogP) is 2.07. The number of benzene rings is 1. The van der Waals surface area contributed by atoms with Crippen molar-refractivity contribution in [1.82, 2.24) is 19.7 Å². The van der Waals surface area contributed by atoms with E-state index in [1.807, 2.05) is 0 Å². The number of hydrogen-bond acceptors (Lipinski definition) is 5. The highest BCUT2D eigenvalue weighted by molar-refractivity contribution is 5.95. The largest absolute Gasteiger partial charge is 0.508 e. The van der Waals surface area contributed by atoms with E-state index >= 15 is 0 Å². The maximum atomic E-state index is 12.3. The first-order valence-corrected chi connectivity index (χ1v) is 7.46. The van der Waals surface area contributed by atoms with Crippen molar-refractivity contribution in [2.24, 2.45) is 5.10 Å². The van der Waals surface area contributed by atoms with Crippen molar-refractivity contribution in [2.45, 2.75) is 0 Å². The number of pyridine rings is 1. The zero-order valence-corrected chi connectivity index (χ0v) is 13.7. The highest BCUT2D eigenvalue weighted by Gasteiger charge is 2.12. The molecule has 2 N–H and O–H groups in total. The number of nitrogens with one attached hydrogen (secondary N) is 1. The highest BCUT2D eigenvalue weighted by atomic mass is 16.5. The third-order valence-electron chi connectivity index (χ3n) is 3.26. The smallest absolute Gasteiger partial charge is 0.271 e. The normalized spacial score (nSPS) is 11.0. The molecule has 2 heterocycles. The molecule has 0 unspecified atom stereocenters. The molecule has 0 fully saturated rings. The Balaban J connectivity index is 1.90. The van der Waals surface area contributed by atoms with Crippen LogP contribution in [0.1, 0.15) is 10.4 Å². The summed E-state index contributed by atoms with van der Waals surface area (Å²) >= 11 is 0. The maximum absolute atomic E-state index is 12.3. The summed E-state index contributed by atoms with van der Waals surface area (Å²) in [5, 5.41) is 13.2. The Labute approximate surface area is 144 Å². The molecule has 8 nitrogen and oxygen atoms in total. The van der Waals surface area contributed by atoms with Gasteiger partial charge in [0.1, 0.15) is 24.2 Å². The fourth-order valence-electron chi connectivity index (χ4n) is 2.11. The molecule has 0 radical (unpaired) electrons. The molecule has 3 aromatic rings. The van der Waals surface area contributed by atoms with Crippen LogP contribution in [0.4, 0.5) is 0 Å². The van der Waals surface area contributed by atoms with Crippen LogP contribution in [0.3, 0.4) is 0 Å². The van der Waals surface area contributed by atoms with Gasteiger partial charge in [-0.05, 0) is 30.3 Å². The lowest BCUT2D eigenvalue weighted by molar-refractivity contribution is 0.0954. The Hall–Kier alpha value is -3.55. The van der Waals surface area contributed by atoms with E-state index in [0.717, 1.165) is 0 Å². The maximum Gasteiger partial charge on any atom is 0.271 e. The van der Waals surface area contributed by atoms with Crippen LogP contribution in [-0.2, 0) is 0 Å². The predicted molar refractivity (Wildman–Crippen MR) is 93.0 cm³/mol. The quantitative estimate of drug-likeness (QED) is 0.422. The molecule has 0 saturated carbocycles. The lowest BCUT2D eigenvalue weighted by Gasteiger charge is -2.10. The molecule has 0 aliphatic carbocycles. The number of phenolic OH excluding ortho intramolecular Hbond substituents is 1. The molecule has 1 aromatic carbocycles. The summed E-state index contributed by atoms with van der Waals surface area (Å²) in [6.45, 7) is 0. The van der Waals surface area contributed by atoms with Crippen LogP contribution >= 0.6 is 0 Å². The van der Waals surface area contributed by atoms with E-state index in [-0.39, 0.29) is 11.7 Å². The van der Waals surface area contributed by atoms with Gasteiger partial charge < -0.3 is 14.7 Å². The van der Waals surface area contributed by atoms with Crippen molar-refractivity contribution in [3.05, 3.63) is 54.5 Å². The monoisotopic (exact) mass is 339 g/mol. The third kappa shape index (κ3) is 3.86. The summed E-state index contributed by atoms with van der Waals surface area (Å²) in [7, 11) is 3.61. The zero-order valence-electron chi connectivity index (χ0n) is 13.7. The number of hydrogen-bond donors (Lipinski definition) is 2. The third-order valence-corrected chi connectivity index (χ3v) is 3.26. The number of rotatable bonds is 5. The minimum Gasteiger partial charge on any atom is -0.508 e. The molecule has 0 aliphatic rings. The van der Waals surface area contributed by atoms with Crippen molar-refractivity contribution in [1.29, 1.82) is 0 Å². The van der Waals surface area contributed by atoms with E-state index in [2.05, 4.69) is 15.5 Å². The Bertz CT molecular complexity index is 916.